The number of amides is 3. The molecule has 3 heterocycles. The van der Waals surface area contributed by atoms with Gasteiger partial charge in [0.25, 0.3) is 0 Å². The van der Waals surface area contributed by atoms with Gasteiger partial charge in [-0.1, -0.05) is 47.5 Å². The van der Waals surface area contributed by atoms with Crippen molar-refractivity contribution >= 4 is 35.1 Å². The van der Waals surface area contributed by atoms with Gasteiger partial charge in [-0.25, -0.2) is 4.79 Å². The van der Waals surface area contributed by atoms with Crippen molar-refractivity contribution in [3.05, 3.63) is 69.7 Å². The first-order valence-corrected chi connectivity index (χ1v) is 12.4. The third-order valence-electron chi connectivity index (χ3n) is 6.92. The molecule has 180 valence electrons. The van der Waals surface area contributed by atoms with Crippen LogP contribution in [0.1, 0.15) is 23.6 Å². The summed E-state index contributed by atoms with van der Waals surface area (Å²) in [6.07, 6.45) is 0.740. The Hall–Kier alpha value is -2.32. The molecule has 9 heteroatoms. The minimum absolute atomic E-state index is 0.00175. The zero-order chi connectivity index (χ0) is 23.7. The third kappa shape index (κ3) is 5.03. The molecular formula is C25H28Cl2N4O3. The summed E-state index contributed by atoms with van der Waals surface area (Å²) in [5.41, 5.74) is 2.31. The lowest BCUT2D eigenvalue weighted by molar-refractivity contribution is -0.139. The highest BCUT2D eigenvalue weighted by Crippen LogP contribution is 2.31. The molecule has 3 aliphatic rings. The minimum Gasteiger partial charge on any atom is -0.366 e. The Balaban J connectivity index is 1.26. The Kier molecular flexibility index (Phi) is 6.97. The van der Waals surface area contributed by atoms with E-state index in [0.717, 1.165) is 30.6 Å². The zero-order valence-electron chi connectivity index (χ0n) is 18.8. The Bertz CT molecular complexity index is 980. The second-order valence-corrected chi connectivity index (χ2v) is 9.94. The van der Waals surface area contributed by atoms with Gasteiger partial charge in [0, 0.05) is 49.3 Å². The Morgan fingerprint density at radius 2 is 1.47 bits per heavy atom. The number of carbonyl (C=O) groups is 2. The van der Waals surface area contributed by atoms with E-state index in [1.807, 2.05) is 34.1 Å². The van der Waals surface area contributed by atoms with Gasteiger partial charge >= 0.3 is 6.03 Å². The molecular weight excluding hydrogens is 475 g/mol. The number of carbonyl (C=O) groups excluding carboxylic acids is 2. The van der Waals surface area contributed by atoms with Crippen molar-refractivity contribution in [2.75, 3.05) is 45.9 Å². The molecule has 0 aromatic heterocycles. The minimum atomic E-state index is -0.126. The highest BCUT2D eigenvalue weighted by Gasteiger charge is 2.38. The highest BCUT2D eigenvalue weighted by molar-refractivity contribution is 6.30. The lowest BCUT2D eigenvalue weighted by Crippen LogP contribution is -2.63. The molecule has 0 bridgehead atoms. The average Bonchev–Trinajstić information content (AvgIpc) is 2.86. The molecule has 3 aliphatic heterocycles. The lowest BCUT2D eigenvalue weighted by atomic mass is 9.96. The first-order chi connectivity index (χ1) is 16.5. The van der Waals surface area contributed by atoms with Gasteiger partial charge in [0.2, 0.25) is 5.91 Å². The topological polar surface area (TPSA) is 65.1 Å². The summed E-state index contributed by atoms with van der Waals surface area (Å²) in [7, 11) is 0. The van der Waals surface area contributed by atoms with Crippen molar-refractivity contribution in [1.29, 1.82) is 0 Å². The number of nitrogens with zero attached hydrogens (tertiary/aromatic N) is 3. The molecule has 5 rings (SSSR count). The van der Waals surface area contributed by atoms with E-state index >= 15 is 0 Å². The van der Waals surface area contributed by atoms with Gasteiger partial charge in [0.15, 0.2) is 0 Å². The summed E-state index contributed by atoms with van der Waals surface area (Å²) in [4.78, 5) is 31.1. The van der Waals surface area contributed by atoms with Crippen molar-refractivity contribution in [3.8, 4) is 0 Å². The number of piperidine rings is 1. The molecule has 7 nitrogen and oxygen atoms in total. The lowest BCUT2D eigenvalue weighted by Gasteiger charge is -2.44. The smallest absolute Gasteiger partial charge is 0.320 e. The molecule has 0 radical (unpaired) electrons. The summed E-state index contributed by atoms with van der Waals surface area (Å²) in [5.74, 6) is -0.111. The van der Waals surface area contributed by atoms with Crippen LogP contribution in [0.5, 0.6) is 0 Å². The van der Waals surface area contributed by atoms with Crippen LogP contribution in [0.4, 0.5) is 4.79 Å². The number of halogens is 2. The number of rotatable bonds is 3. The van der Waals surface area contributed by atoms with E-state index in [4.69, 9.17) is 27.9 Å². The first-order valence-electron chi connectivity index (χ1n) is 11.7. The molecule has 0 unspecified atom stereocenters. The van der Waals surface area contributed by atoms with E-state index in [0.29, 0.717) is 36.2 Å². The number of benzene rings is 2. The summed E-state index contributed by atoms with van der Waals surface area (Å²) in [6.45, 7) is 4.04. The maximum absolute atomic E-state index is 13.3. The maximum atomic E-state index is 13.3. The van der Waals surface area contributed by atoms with Gasteiger partial charge in [0.1, 0.15) is 6.61 Å². The van der Waals surface area contributed by atoms with Crippen LogP contribution in [0, 0.1) is 0 Å². The quantitative estimate of drug-likeness (QED) is 0.698. The zero-order valence-corrected chi connectivity index (χ0v) is 20.3. The second kappa shape index (κ2) is 10.1. The van der Waals surface area contributed by atoms with E-state index in [1.165, 1.54) is 0 Å². The third-order valence-corrected chi connectivity index (χ3v) is 7.42. The number of hydrogen-bond acceptors (Lipinski definition) is 4. The van der Waals surface area contributed by atoms with Crippen LogP contribution in [0.15, 0.2) is 48.5 Å². The van der Waals surface area contributed by atoms with Crippen molar-refractivity contribution < 1.29 is 14.3 Å². The number of morpholine rings is 1. The predicted molar refractivity (Wildman–Crippen MR) is 131 cm³/mol. The Labute approximate surface area is 209 Å². The molecule has 0 aliphatic carbocycles. The van der Waals surface area contributed by atoms with Crippen LogP contribution >= 0.6 is 23.2 Å². The Morgan fingerprint density at radius 1 is 0.882 bits per heavy atom. The monoisotopic (exact) mass is 502 g/mol. The largest absolute Gasteiger partial charge is 0.366 e. The average molecular weight is 503 g/mol. The maximum Gasteiger partial charge on any atom is 0.320 e. The van der Waals surface area contributed by atoms with Crippen molar-refractivity contribution in [1.82, 2.24) is 20.0 Å². The molecule has 3 fully saturated rings. The molecule has 3 amide bonds. The molecule has 2 atom stereocenters. The van der Waals surface area contributed by atoms with Gasteiger partial charge in [0.05, 0.1) is 18.2 Å². The van der Waals surface area contributed by atoms with Crippen molar-refractivity contribution in [2.24, 2.45) is 0 Å². The second-order valence-electron chi connectivity index (χ2n) is 9.07. The number of fused-ring (bicyclic) bond motifs is 1. The number of urea groups is 1. The molecule has 2 aromatic carbocycles. The van der Waals surface area contributed by atoms with Gasteiger partial charge in [-0.05, 0) is 41.8 Å². The number of piperazine rings is 1. The van der Waals surface area contributed by atoms with Crippen LogP contribution in [-0.2, 0) is 9.53 Å². The van der Waals surface area contributed by atoms with Crippen LogP contribution in [0.25, 0.3) is 0 Å². The van der Waals surface area contributed by atoms with E-state index < -0.39 is 0 Å². The van der Waals surface area contributed by atoms with Crippen LogP contribution in [-0.4, -0.2) is 84.7 Å². The van der Waals surface area contributed by atoms with E-state index in [1.54, 1.807) is 0 Å². The van der Waals surface area contributed by atoms with Crippen LogP contribution in [0.2, 0.25) is 10.0 Å². The fourth-order valence-electron chi connectivity index (χ4n) is 5.15. The summed E-state index contributed by atoms with van der Waals surface area (Å²) in [6, 6.07) is 15.9. The van der Waals surface area contributed by atoms with E-state index in [9.17, 15) is 9.59 Å². The number of hydrogen-bond donors (Lipinski definition) is 1. The predicted octanol–water partition coefficient (Wildman–Crippen LogP) is 3.41. The number of nitrogens with one attached hydrogen (secondary N) is 1. The van der Waals surface area contributed by atoms with E-state index in [-0.39, 0.29) is 36.7 Å². The molecule has 0 spiro atoms. The summed E-state index contributed by atoms with van der Waals surface area (Å²) < 4.78 is 5.62. The Morgan fingerprint density at radius 3 is 2.06 bits per heavy atom. The van der Waals surface area contributed by atoms with Crippen molar-refractivity contribution in [3.63, 3.8) is 0 Å². The standard InChI is InChI=1S/C25H28Cl2N4O3/c26-19-5-1-17(2-6-19)24(18-3-7-20(27)8-4-18)29-11-13-30(14-12-29)25(33)31-10-9-22-21(15-31)28-23(32)16-34-22/h1-8,21-22,24H,9-16H2,(H,28,32)/t21-,22+/m1/s1. The van der Waals surface area contributed by atoms with Crippen molar-refractivity contribution in [2.45, 2.75) is 24.6 Å². The molecule has 34 heavy (non-hydrogen) atoms. The first kappa shape index (κ1) is 23.4. The molecule has 1 N–H and O–H groups in total. The number of ether oxygens (including phenoxy) is 1. The van der Waals surface area contributed by atoms with Crippen LogP contribution in [0.3, 0.4) is 0 Å². The molecule has 0 saturated carbocycles. The summed E-state index contributed by atoms with van der Waals surface area (Å²) >= 11 is 12.3. The molecule has 2 aromatic rings. The van der Waals surface area contributed by atoms with Crippen LogP contribution < -0.4 is 5.32 Å². The van der Waals surface area contributed by atoms with Gasteiger partial charge < -0.3 is 19.9 Å². The fraction of sp³-hybridized carbons (Fsp3) is 0.440. The normalized spacial score (nSPS) is 23.6. The molecule has 3 saturated heterocycles. The summed E-state index contributed by atoms with van der Waals surface area (Å²) in [5, 5.41) is 4.38. The highest BCUT2D eigenvalue weighted by atomic mass is 35.5. The SMILES string of the molecule is O=C1CO[C@H]2CCN(C(=O)N3CCN(C(c4ccc(Cl)cc4)c4ccc(Cl)cc4)CC3)C[C@H]2N1. The van der Waals surface area contributed by atoms with Gasteiger partial charge in [-0.3, -0.25) is 9.69 Å². The van der Waals surface area contributed by atoms with Gasteiger partial charge in [-0.2, -0.15) is 0 Å². The number of likely N-dealkylation sites (tertiary alicyclic amines) is 1. The van der Waals surface area contributed by atoms with E-state index in [2.05, 4.69) is 34.5 Å². The fourth-order valence-corrected chi connectivity index (χ4v) is 5.40. The van der Waals surface area contributed by atoms with Gasteiger partial charge in [-0.15, -0.1) is 0 Å².